The molecule has 0 spiro atoms. The molecular formula is C13H11Cl2NO2S. The van der Waals surface area contributed by atoms with Crippen LogP contribution in [0.5, 0.6) is 0 Å². The molecule has 0 aliphatic carbocycles. The van der Waals surface area contributed by atoms with Crippen LogP contribution in [0, 0.1) is 0 Å². The second-order valence-corrected chi connectivity index (χ2v) is 5.49. The molecule has 0 amide bonds. The van der Waals surface area contributed by atoms with Crippen molar-refractivity contribution in [3.05, 3.63) is 39.2 Å². The third kappa shape index (κ3) is 2.86. The molecule has 0 aliphatic heterocycles. The molecule has 0 radical (unpaired) electrons. The van der Waals surface area contributed by atoms with Crippen molar-refractivity contribution >= 4 is 45.5 Å². The minimum atomic E-state index is -0.452. The zero-order chi connectivity index (χ0) is 14.0. The quantitative estimate of drug-likeness (QED) is 0.849. The standard InChI is InChI=1S/C13H11Cl2NO2S/c1-2-18-13(17)11-9(6-19-12(11)16)8-5-7(14)3-4-10(8)15/h3-6H,2,16H2,1H3. The van der Waals surface area contributed by atoms with Crippen LogP contribution < -0.4 is 5.73 Å². The number of hydrogen-bond donors (Lipinski definition) is 1. The largest absolute Gasteiger partial charge is 0.462 e. The number of ether oxygens (including phenoxy) is 1. The number of anilines is 1. The first-order valence-electron chi connectivity index (χ1n) is 5.54. The molecule has 1 aromatic heterocycles. The lowest BCUT2D eigenvalue weighted by atomic mass is 10.0. The predicted octanol–water partition coefficient (Wildman–Crippen LogP) is 4.48. The summed E-state index contributed by atoms with van der Waals surface area (Å²) in [6, 6.07) is 5.07. The summed E-state index contributed by atoms with van der Waals surface area (Å²) in [5.41, 5.74) is 7.50. The Kier molecular flexibility index (Phi) is 4.34. The molecule has 1 heterocycles. The van der Waals surface area contributed by atoms with Crippen LogP contribution in [0.3, 0.4) is 0 Å². The van der Waals surface area contributed by atoms with Gasteiger partial charge in [0, 0.05) is 26.6 Å². The van der Waals surface area contributed by atoms with Crippen LogP contribution in [0.2, 0.25) is 10.0 Å². The normalized spacial score (nSPS) is 10.5. The summed E-state index contributed by atoms with van der Waals surface area (Å²) in [6.07, 6.45) is 0. The van der Waals surface area contributed by atoms with E-state index in [1.54, 1.807) is 30.5 Å². The highest BCUT2D eigenvalue weighted by atomic mass is 35.5. The lowest BCUT2D eigenvalue weighted by molar-refractivity contribution is 0.0529. The van der Waals surface area contributed by atoms with Crippen molar-refractivity contribution in [3.8, 4) is 11.1 Å². The van der Waals surface area contributed by atoms with Crippen molar-refractivity contribution in [1.29, 1.82) is 0 Å². The number of halogens is 2. The second kappa shape index (κ2) is 5.82. The van der Waals surface area contributed by atoms with Gasteiger partial charge >= 0.3 is 5.97 Å². The van der Waals surface area contributed by atoms with Gasteiger partial charge in [-0.2, -0.15) is 0 Å². The monoisotopic (exact) mass is 315 g/mol. The summed E-state index contributed by atoms with van der Waals surface area (Å²) in [6.45, 7) is 2.03. The number of benzene rings is 1. The van der Waals surface area contributed by atoms with Crippen molar-refractivity contribution in [2.75, 3.05) is 12.3 Å². The summed E-state index contributed by atoms with van der Waals surface area (Å²) in [7, 11) is 0. The predicted molar refractivity (Wildman–Crippen MR) is 80.1 cm³/mol. The third-order valence-electron chi connectivity index (χ3n) is 2.52. The van der Waals surface area contributed by atoms with Gasteiger partial charge in [0.15, 0.2) is 0 Å². The third-order valence-corrected chi connectivity index (χ3v) is 3.89. The fraction of sp³-hybridized carbons (Fsp3) is 0.154. The van der Waals surface area contributed by atoms with Crippen molar-refractivity contribution in [2.45, 2.75) is 6.92 Å². The molecule has 0 bridgehead atoms. The van der Waals surface area contributed by atoms with Crippen molar-refractivity contribution in [1.82, 2.24) is 0 Å². The maximum atomic E-state index is 11.9. The van der Waals surface area contributed by atoms with E-state index >= 15 is 0 Å². The number of carbonyl (C=O) groups is 1. The molecule has 0 fully saturated rings. The fourth-order valence-electron chi connectivity index (χ4n) is 1.69. The highest BCUT2D eigenvalue weighted by molar-refractivity contribution is 7.15. The van der Waals surface area contributed by atoms with Crippen LogP contribution in [0.25, 0.3) is 11.1 Å². The average molecular weight is 316 g/mol. The van der Waals surface area contributed by atoms with E-state index in [4.69, 9.17) is 33.7 Å². The highest BCUT2D eigenvalue weighted by Gasteiger charge is 2.21. The maximum Gasteiger partial charge on any atom is 0.341 e. The molecule has 6 heteroatoms. The number of rotatable bonds is 3. The van der Waals surface area contributed by atoms with Crippen molar-refractivity contribution in [2.24, 2.45) is 0 Å². The molecule has 0 saturated carbocycles. The van der Waals surface area contributed by atoms with Gasteiger partial charge in [-0.3, -0.25) is 0 Å². The van der Waals surface area contributed by atoms with E-state index in [0.29, 0.717) is 31.7 Å². The average Bonchev–Trinajstić information content (AvgIpc) is 2.74. The zero-order valence-electron chi connectivity index (χ0n) is 10.1. The lowest BCUT2D eigenvalue weighted by Crippen LogP contribution is -2.07. The summed E-state index contributed by atoms with van der Waals surface area (Å²) < 4.78 is 5.01. The molecule has 0 aliphatic rings. The highest BCUT2D eigenvalue weighted by Crippen LogP contribution is 2.38. The van der Waals surface area contributed by atoms with E-state index in [-0.39, 0.29) is 6.61 Å². The Balaban J connectivity index is 2.57. The molecule has 19 heavy (non-hydrogen) atoms. The van der Waals surface area contributed by atoms with Gasteiger partial charge in [-0.05, 0) is 25.1 Å². The van der Waals surface area contributed by atoms with Gasteiger partial charge in [0.2, 0.25) is 0 Å². The Morgan fingerprint density at radius 3 is 2.79 bits per heavy atom. The summed E-state index contributed by atoms with van der Waals surface area (Å²) in [4.78, 5) is 11.9. The number of nitrogens with two attached hydrogens (primary N) is 1. The molecule has 2 N–H and O–H groups in total. The topological polar surface area (TPSA) is 52.3 Å². The smallest absolute Gasteiger partial charge is 0.341 e. The SMILES string of the molecule is CCOC(=O)c1c(-c2cc(Cl)ccc2Cl)csc1N. The Morgan fingerprint density at radius 2 is 2.11 bits per heavy atom. The second-order valence-electron chi connectivity index (χ2n) is 3.73. The summed E-state index contributed by atoms with van der Waals surface area (Å²) in [5, 5.41) is 3.23. The minimum Gasteiger partial charge on any atom is -0.462 e. The van der Waals surface area contributed by atoms with Gasteiger partial charge in [-0.15, -0.1) is 11.3 Å². The van der Waals surface area contributed by atoms with Crippen LogP contribution in [0.1, 0.15) is 17.3 Å². The van der Waals surface area contributed by atoms with Crippen molar-refractivity contribution < 1.29 is 9.53 Å². The lowest BCUT2D eigenvalue weighted by Gasteiger charge is -2.07. The summed E-state index contributed by atoms with van der Waals surface area (Å²) >= 11 is 13.4. The van der Waals surface area contributed by atoms with Crippen LogP contribution in [-0.4, -0.2) is 12.6 Å². The molecule has 2 rings (SSSR count). The van der Waals surface area contributed by atoms with Gasteiger partial charge < -0.3 is 10.5 Å². The number of hydrogen-bond acceptors (Lipinski definition) is 4. The van der Waals surface area contributed by atoms with E-state index in [0.717, 1.165) is 0 Å². The maximum absolute atomic E-state index is 11.9. The van der Waals surface area contributed by atoms with Crippen molar-refractivity contribution in [3.63, 3.8) is 0 Å². The van der Waals surface area contributed by atoms with Gasteiger partial charge in [-0.25, -0.2) is 4.79 Å². The van der Waals surface area contributed by atoms with Crippen LogP contribution in [0.4, 0.5) is 5.00 Å². The molecule has 0 saturated heterocycles. The Hall–Kier alpha value is -1.23. The molecule has 0 unspecified atom stereocenters. The van der Waals surface area contributed by atoms with Gasteiger partial charge in [0.25, 0.3) is 0 Å². The molecule has 2 aromatic rings. The number of carbonyl (C=O) groups excluding carboxylic acids is 1. The van der Waals surface area contributed by atoms with Crippen LogP contribution >= 0.6 is 34.5 Å². The minimum absolute atomic E-state index is 0.289. The zero-order valence-corrected chi connectivity index (χ0v) is 12.4. The van der Waals surface area contributed by atoms with E-state index < -0.39 is 5.97 Å². The van der Waals surface area contributed by atoms with E-state index in [2.05, 4.69) is 0 Å². The van der Waals surface area contributed by atoms with E-state index in [1.807, 2.05) is 0 Å². The molecule has 0 atom stereocenters. The fourth-order valence-corrected chi connectivity index (χ4v) is 2.88. The number of thiophene rings is 1. The Morgan fingerprint density at radius 1 is 1.37 bits per heavy atom. The number of esters is 1. The van der Waals surface area contributed by atoms with Gasteiger partial charge in [-0.1, -0.05) is 23.2 Å². The first-order chi connectivity index (χ1) is 9.04. The van der Waals surface area contributed by atoms with Crippen LogP contribution in [-0.2, 0) is 4.74 Å². The molecule has 100 valence electrons. The van der Waals surface area contributed by atoms with Gasteiger partial charge in [0.1, 0.15) is 10.6 Å². The van der Waals surface area contributed by atoms with E-state index in [9.17, 15) is 4.79 Å². The summed E-state index contributed by atoms with van der Waals surface area (Å²) in [5.74, 6) is -0.452. The molecule has 3 nitrogen and oxygen atoms in total. The molecular weight excluding hydrogens is 305 g/mol. The Labute approximate surface area is 124 Å². The van der Waals surface area contributed by atoms with Gasteiger partial charge in [0.05, 0.1) is 6.61 Å². The van der Waals surface area contributed by atoms with Crippen LogP contribution in [0.15, 0.2) is 23.6 Å². The first kappa shape index (κ1) is 14.2. The first-order valence-corrected chi connectivity index (χ1v) is 7.17. The number of nitrogen functional groups attached to an aromatic ring is 1. The molecule has 1 aromatic carbocycles. The van der Waals surface area contributed by atoms with E-state index in [1.165, 1.54) is 11.3 Å². The Bertz CT molecular complexity index is 625.